The van der Waals surface area contributed by atoms with Crippen LogP contribution in [0.25, 0.3) is 0 Å². The molecule has 1 rings (SSSR count). The molecular formula is C13H22N2O2. The number of benzene rings is 1. The van der Waals surface area contributed by atoms with Crippen LogP contribution in [-0.2, 0) is 11.3 Å². The Morgan fingerprint density at radius 1 is 1.35 bits per heavy atom. The molecule has 0 spiro atoms. The van der Waals surface area contributed by atoms with Gasteiger partial charge in [0.15, 0.2) is 0 Å². The zero-order valence-electron chi connectivity index (χ0n) is 10.4. The fourth-order valence-corrected chi connectivity index (χ4v) is 1.67. The Morgan fingerprint density at radius 3 is 2.65 bits per heavy atom. The van der Waals surface area contributed by atoms with E-state index in [2.05, 4.69) is 17.0 Å². The lowest BCUT2D eigenvalue weighted by molar-refractivity contribution is 0.0891. The minimum Gasteiger partial charge on any atom is -0.390 e. The van der Waals surface area contributed by atoms with Crippen molar-refractivity contribution >= 4 is 0 Å². The third-order valence-corrected chi connectivity index (χ3v) is 2.60. The van der Waals surface area contributed by atoms with Gasteiger partial charge in [-0.1, -0.05) is 30.3 Å². The molecule has 0 radical (unpaired) electrons. The molecule has 0 bridgehead atoms. The molecule has 96 valence electrons. The van der Waals surface area contributed by atoms with Gasteiger partial charge in [0, 0.05) is 33.3 Å². The van der Waals surface area contributed by atoms with Crippen molar-refractivity contribution in [2.45, 2.75) is 12.6 Å². The molecule has 1 aromatic carbocycles. The zero-order chi connectivity index (χ0) is 12.5. The van der Waals surface area contributed by atoms with Crippen molar-refractivity contribution in [3.8, 4) is 0 Å². The molecule has 17 heavy (non-hydrogen) atoms. The molecule has 0 aliphatic heterocycles. The highest BCUT2D eigenvalue weighted by Crippen LogP contribution is 2.04. The molecule has 0 aromatic heterocycles. The van der Waals surface area contributed by atoms with E-state index < -0.39 is 6.10 Å². The Labute approximate surface area is 103 Å². The number of methoxy groups -OCH3 is 1. The van der Waals surface area contributed by atoms with Crippen LogP contribution in [0.1, 0.15) is 5.56 Å². The second kappa shape index (κ2) is 8.20. The predicted octanol–water partition coefficient (Wildman–Crippen LogP) is 0.455. The van der Waals surface area contributed by atoms with Gasteiger partial charge in [0.05, 0.1) is 12.7 Å². The lowest BCUT2D eigenvalue weighted by atomic mass is 10.2. The van der Waals surface area contributed by atoms with Gasteiger partial charge in [0.25, 0.3) is 0 Å². The van der Waals surface area contributed by atoms with Gasteiger partial charge in [-0.2, -0.15) is 0 Å². The molecule has 4 heteroatoms. The van der Waals surface area contributed by atoms with Crippen LogP contribution in [0.15, 0.2) is 30.3 Å². The smallest absolute Gasteiger partial charge is 0.0789 e. The van der Waals surface area contributed by atoms with Crippen molar-refractivity contribution in [3.63, 3.8) is 0 Å². The summed E-state index contributed by atoms with van der Waals surface area (Å²) in [7, 11) is 1.68. The first kappa shape index (κ1) is 14.1. The third-order valence-electron chi connectivity index (χ3n) is 2.60. The van der Waals surface area contributed by atoms with Crippen LogP contribution in [0.2, 0.25) is 0 Å². The molecule has 1 aromatic rings. The van der Waals surface area contributed by atoms with Crippen LogP contribution >= 0.6 is 0 Å². The van der Waals surface area contributed by atoms with Gasteiger partial charge < -0.3 is 15.6 Å². The standard InChI is InChI=1S/C13H22N2O2/c1-17-8-7-15(11-13(16)9-14)10-12-5-3-2-4-6-12/h2-6,13,16H,7-11,14H2,1H3/t13-/m0/s1. The first-order valence-corrected chi connectivity index (χ1v) is 5.89. The zero-order valence-corrected chi connectivity index (χ0v) is 10.4. The highest BCUT2D eigenvalue weighted by Gasteiger charge is 2.10. The van der Waals surface area contributed by atoms with E-state index in [9.17, 15) is 5.11 Å². The second-order valence-electron chi connectivity index (χ2n) is 4.10. The quantitative estimate of drug-likeness (QED) is 0.690. The minimum absolute atomic E-state index is 0.290. The van der Waals surface area contributed by atoms with Gasteiger partial charge in [0.2, 0.25) is 0 Å². The first-order chi connectivity index (χ1) is 8.26. The van der Waals surface area contributed by atoms with E-state index in [1.165, 1.54) is 5.56 Å². The normalized spacial score (nSPS) is 12.9. The maximum Gasteiger partial charge on any atom is 0.0789 e. The van der Waals surface area contributed by atoms with Crippen LogP contribution < -0.4 is 5.73 Å². The van der Waals surface area contributed by atoms with E-state index in [1.807, 2.05) is 18.2 Å². The highest BCUT2D eigenvalue weighted by atomic mass is 16.5. The third kappa shape index (κ3) is 5.79. The monoisotopic (exact) mass is 238 g/mol. The number of hydrogen-bond donors (Lipinski definition) is 2. The SMILES string of the molecule is COCCN(Cc1ccccc1)C[C@@H](O)CN. The molecular weight excluding hydrogens is 216 g/mol. The summed E-state index contributed by atoms with van der Waals surface area (Å²) in [5.74, 6) is 0. The average Bonchev–Trinajstić information content (AvgIpc) is 2.37. The van der Waals surface area contributed by atoms with Crippen molar-refractivity contribution in [2.75, 3.05) is 33.4 Å². The average molecular weight is 238 g/mol. The topological polar surface area (TPSA) is 58.7 Å². The number of nitrogens with two attached hydrogens (primary N) is 1. The first-order valence-electron chi connectivity index (χ1n) is 5.89. The van der Waals surface area contributed by atoms with Crippen LogP contribution in [-0.4, -0.2) is 49.5 Å². The Hall–Kier alpha value is -0.940. The van der Waals surface area contributed by atoms with E-state index in [0.717, 1.165) is 13.1 Å². The summed E-state index contributed by atoms with van der Waals surface area (Å²) < 4.78 is 5.07. The highest BCUT2D eigenvalue weighted by molar-refractivity contribution is 5.14. The van der Waals surface area contributed by atoms with Crippen LogP contribution in [0.5, 0.6) is 0 Å². The lowest BCUT2D eigenvalue weighted by Gasteiger charge is -2.24. The molecule has 3 N–H and O–H groups in total. The Morgan fingerprint density at radius 2 is 2.06 bits per heavy atom. The summed E-state index contributed by atoms with van der Waals surface area (Å²) in [6.45, 7) is 3.13. The fourth-order valence-electron chi connectivity index (χ4n) is 1.67. The van der Waals surface area contributed by atoms with Crippen molar-refractivity contribution in [3.05, 3.63) is 35.9 Å². The molecule has 0 fully saturated rings. The summed E-state index contributed by atoms with van der Waals surface area (Å²) in [5.41, 5.74) is 6.66. The van der Waals surface area contributed by atoms with Gasteiger partial charge in [-0.05, 0) is 5.56 Å². The number of ether oxygens (including phenoxy) is 1. The maximum atomic E-state index is 9.60. The molecule has 4 nitrogen and oxygen atoms in total. The number of hydrogen-bond acceptors (Lipinski definition) is 4. The van der Waals surface area contributed by atoms with E-state index in [-0.39, 0.29) is 6.54 Å². The summed E-state index contributed by atoms with van der Waals surface area (Å²) in [6, 6.07) is 10.2. The van der Waals surface area contributed by atoms with Crippen LogP contribution in [0, 0.1) is 0 Å². The largest absolute Gasteiger partial charge is 0.390 e. The molecule has 0 heterocycles. The molecule has 0 aliphatic carbocycles. The van der Waals surface area contributed by atoms with Crippen LogP contribution in [0.3, 0.4) is 0 Å². The number of aliphatic hydroxyl groups is 1. The Bertz CT molecular complexity index is 293. The Balaban J connectivity index is 2.50. The van der Waals surface area contributed by atoms with E-state index in [0.29, 0.717) is 13.2 Å². The van der Waals surface area contributed by atoms with Crippen LogP contribution in [0.4, 0.5) is 0 Å². The van der Waals surface area contributed by atoms with Gasteiger partial charge in [-0.25, -0.2) is 0 Å². The van der Waals surface area contributed by atoms with Crippen molar-refractivity contribution in [1.29, 1.82) is 0 Å². The van der Waals surface area contributed by atoms with Gasteiger partial charge in [0.1, 0.15) is 0 Å². The summed E-state index contributed by atoms with van der Waals surface area (Å²) in [4.78, 5) is 2.15. The molecule has 0 unspecified atom stereocenters. The van der Waals surface area contributed by atoms with Gasteiger partial charge in [-0.15, -0.1) is 0 Å². The van der Waals surface area contributed by atoms with E-state index >= 15 is 0 Å². The summed E-state index contributed by atoms with van der Waals surface area (Å²) in [6.07, 6.45) is -0.476. The molecule has 0 saturated carbocycles. The lowest BCUT2D eigenvalue weighted by Crippen LogP contribution is -2.37. The number of nitrogens with zero attached hydrogens (tertiary/aromatic N) is 1. The second-order valence-corrected chi connectivity index (χ2v) is 4.10. The van der Waals surface area contributed by atoms with E-state index in [4.69, 9.17) is 10.5 Å². The maximum absolute atomic E-state index is 9.60. The van der Waals surface area contributed by atoms with E-state index in [1.54, 1.807) is 7.11 Å². The van der Waals surface area contributed by atoms with Gasteiger partial charge in [-0.3, -0.25) is 4.90 Å². The number of rotatable bonds is 8. The van der Waals surface area contributed by atoms with Crippen molar-refractivity contribution < 1.29 is 9.84 Å². The summed E-state index contributed by atoms with van der Waals surface area (Å²) >= 11 is 0. The van der Waals surface area contributed by atoms with Crippen molar-refractivity contribution in [1.82, 2.24) is 4.90 Å². The summed E-state index contributed by atoms with van der Waals surface area (Å²) in [5, 5.41) is 9.60. The fraction of sp³-hybridized carbons (Fsp3) is 0.538. The Kier molecular flexibility index (Phi) is 6.81. The van der Waals surface area contributed by atoms with Gasteiger partial charge >= 0.3 is 0 Å². The van der Waals surface area contributed by atoms with Crippen molar-refractivity contribution in [2.24, 2.45) is 5.73 Å². The molecule has 0 saturated heterocycles. The predicted molar refractivity (Wildman–Crippen MR) is 68.7 cm³/mol. The molecule has 0 amide bonds. The molecule has 1 atom stereocenters. The number of aliphatic hydroxyl groups excluding tert-OH is 1. The minimum atomic E-state index is -0.476. The molecule has 0 aliphatic rings.